The molecule has 2 aromatic carbocycles. The van der Waals surface area contributed by atoms with Crippen LogP contribution in [-0.4, -0.2) is 48.2 Å². The number of rotatable bonds is 3. The van der Waals surface area contributed by atoms with Crippen molar-refractivity contribution in [2.24, 2.45) is 0 Å². The molecule has 0 bridgehead atoms. The number of anilines is 1. The van der Waals surface area contributed by atoms with E-state index < -0.39 is 4.92 Å². The van der Waals surface area contributed by atoms with E-state index in [0.29, 0.717) is 32.8 Å². The third-order valence-corrected chi connectivity index (χ3v) is 5.10. The standard InChI is InChI=1S/C20H21N3O5/c24-20(28-12-15-4-2-1-3-5-15)21-8-9-22-18(11-21)14-27-13-16-10-17(23(25)26)6-7-19(16)22/h1-7,10,18H,8-9,11-14H2/t18-/m1/s1. The number of fused-ring (bicyclic) bond motifs is 3. The first-order chi connectivity index (χ1) is 13.6. The van der Waals surface area contributed by atoms with E-state index in [0.717, 1.165) is 16.8 Å². The zero-order valence-corrected chi connectivity index (χ0v) is 15.3. The minimum atomic E-state index is -0.399. The van der Waals surface area contributed by atoms with E-state index in [9.17, 15) is 14.9 Å². The van der Waals surface area contributed by atoms with E-state index in [1.165, 1.54) is 6.07 Å². The Kier molecular flexibility index (Phi) is 5.12. The Morgan fingerprint density at radius 3 is 2.82 bits per heavy atom. The monoisotopic (exact) mass is 383 g/mol. The summed E-state index contributed by atoms with van der Waals surface area (Å²) in [6.07, 6.45) is -0.336. The molecule has 2 heterocycles. The molecule has 0 radical (unpaired) electrons. The molecule has 8 nitrogen and oxygen atoms in total. The van der Waals surface area contributed by atoms with E-state index in [4.69, 9.17) is 9.47 Å². The largest absolute Gasteiger partial charge is 0.445 e. The predicted molar refractivity (Wildman–Crippen MR) is 102 cm³/mol. The van der Waals surface area contributed by atoms with Crippen LogP contribution < -0.4 is 4.90 Å². The Morgan fingerprint density at radius 2 is 2.04 bits per heavy atom. The van der Waals surface area contributed by atoms with Gasteiger partial charge < -0.3 is 19.3 Å². The van der Waals surface area contributed by atoms with Gasteiger partial charge in [0.15, 0.2) is 0 Å². The van der Waals surface area contributed by atoms with E-state index in [2.05, 4.69) is 4.90 Å². The van der Waals surface area contributed by atoms with Crippen molar-refractivity contribution in [1.82, 2.24) is 4.90 Å². The molecule has 1 atom stereocenters. The van der Waals surface area contributed by atoms with E-state index >= 15 is 0 Å². The van der Waals surface area contributed by atoms with E-state index in [1.807, 2.05) is 30.3 Å². The van der Waals surface area contributed by atoms with Crippen molar-refractivity contribution in [3.63, 3.8) is 0 Å². The molecule has 28 heavy (non-hydrogen) atoms. The van der Waals surface area contributed by atoms with Crippen LogP contribution in [0.1, 0.15) is 11.1 Å². The number of carbonyl (C=O) groups is 1. The van der Waals surface area contributed by atoms with Crippen LogP contribution in [0.15, 0.2) is 48.5 Å². The summed E-state index contributed by atoms with van der Waals surface area (Å²) in [5.41, 5.74) is 2.74. The summed E-state index contributed by atoms with van der Waals surface area (Å²) in [4.78, 5) is 27.0. The van der Waals surface area contributed by atoms with E-state index in [-0.39, 0.29) is 24.4 Å². The Bertz CT molecular complexity index is 873. The van der Waals surface area contributed by atoms with Gasteiger partial charge in [0.25, 0.3) is 5.69 Å². The molecule has 0 N–H and O–H groups in total. The highest BCUT2D eigenvalue weighted by molar-refractivity contribution is 5.69. The average molecular weight is 383 g/mol. The minimum Gasteiger partial charge on any atom is -0.445 e. The summed E-state index contributed by atoms with van der Waals surface area (Å²) in [6, 6.07) is 14.4. The number of carbonyl (C=O) groups excluding carboxylic acids is 1. The van der Waals surface area contributed by atoms with Crippen molar-refractivity contribution in [2.45, 2.75) is 19.3 Å². The number of benzene rings is 2. The number of nitro groups is 1. The molecule has 0 aromatic heterocycles. The SMILES string of the molecule is O=C(OCc1ccccc1)N1CCN2c3ccc([N+](=O)[O-])cc3COC[C@H]2C1. The van der Waals surface area contributed by atoms with Gasteiger partial charge in [0.2, 0.25) is 0 Å². The third kappa shape index (κ3) is 3.77. The van der Waals surface area contributed by atoms with Gasteiger partial charge in [0.1, 0.15) is 6.61 Å². The summed E-state index contributed by atoms with van der Waals surface area (Å²) >= 11 is 0. The molecule has 0 aliphatic carbocycles. The van der Waals surface area contributed by atoms with Gasteiger partial charge in [-0.2, -0.15) is 0 Å². The fourth-order valence-corrected chi connectivity index (χ4v) is 3.68. The van der Waals surface area contributed by atoms with Gasteiger partial charge >= 0.3 is 6.09 Å². The fourth-order valence-electron chi connectivity index (χ4n) is 3.68. The number of amides is 1. The smallest absolute Gasteiger partial charge is 0.410 e. The lowest BCUT2D eigenvalue weighted by Gasteiger charge is -2.41. The van der Waals surface area contributed by atoms with Crippen molar-refractivity contribution in [1.29, 1.82) is 0 Å². The van der Waals surface area contributed by atoms with Gasteiger partial charge in [-0.15, -0.1) is 0 Å². The van der Waals surface area contributed by atoms with Crippen molar-refractivity contribution in [3.05, 3.63) is 69.8 Å². The second kappa shape index (κ2) is 7.85. The van der Waals surface area contributed by atoms with Crippen LogP contribution in [0.3, 0.4) is 0 Å². The number of nitro benzene ring substituents is 1. The molecule has 2 aromatic rings. The molecule has 2 aliphatic rings. The Morgan fingerprint density at radius 1 is 1.21 bits per heavy atom. The van der Waals surface area contributed by atoms with Gasteiger partial charge in [0, 0.05) is 43.0 Å². The van der Waals surface area contributed by atoms with Crippen LogP contribution in [0.25, 0.3) is 0 Å². The Hall–Kier alpha value is -3.13. The second-order valence-corrected chi connectivity index (χ2v) is 6.92. The van der Waals surface area contributed by atoms with Crippen LogP contribution in [0.2, 0.25) is 0 Å². The number of hydrogen-bond donors (Lipinski definition) is 0. The maximum Gasteiger partial charge on any atom is 0.410 e. The van der Waals surface area contributed by atoms with Crippen molar-refractivity contribution < 1.29 is 19.2 Å². The van der Waals surface area contributed by atoms with Gasteiger partial charge in [-0.25, -0.2) is 4.79 Å². The zero-order chi connectivity index (χ0) is 19.5. The molecule has 2 aliphatic heterocycles. The maximum absolute atomic E-state index is 12.5. The topological polar surface area (TPSA) is 85.2 Å². The Labute approximate surface area is 162 Å². The van der Waals surface area contributed by atoms with Crippen molar-refractivity contribution in [3.8, 4) is 0 Å². The van der Waals surface area contributed by atoms with Gasteiger partial charge in [-0.1, -0.05) is 30.3 Å². The molecule has 1 fully saturated rings. The average Bonchev–Trinajstić information content (AvgIpc) is 2.90. The Balaban J connectivity index is 1.43. The molecule has 1 saturated heterocycles. The molecular formula is C20H21N3O5. The number of non-ortho nitro benzene ring substituents is 1. The van der Waals surface area contributed by atoms with Crippen LogP contribution in [0.4, 0.5) is 16.2 Å². The highest BCUT2D eigenvalue weighted by Gasteiger charge is 2.33. The number of nitrogens with zero attached hydrogens (tertiary/aromatic N) is 3. The lowest BCUT2D eigenvalue weighted by molar-refractivity contribution is -0.384. The summed E-state index contributed by atoms with van der Waals surface area (Å²) < 4.78 is 11.2. The highest BCUT2D eigenvalue weighted by atomic mass is 16.6. The first-order valence-corrected chi connectivity index (χ1v) is 9.19. The molecule has 8 heteroatoms. The molecule has 0 unspecified atom stereocenters. The minimum absolute atomic E-state index is 0.0132. The van der Waals surface area contributed by atoms with Crippen LogP contribution in [-0.2, 0) is 22.7 Å². The van der Waals surface area contributed by atoms with Gasteiger partial charge in [0.05, 0.1) is 24.2 Å². The summed E-state index contributed by atoms with van der Waals surface area (Å²) in [5, 5.41) is 11.0. The van der Waals surface area contributed by atoms with Crippen LogP contribution >= 0.6 is 0 Å². The number of hydrogen-bond acceptors (Lipinski definition) is 6. The molecule has 1 amide bonds. The maximum atomic E-state index is 12.5. The molecule has 0 spiro atoms. The van der Waals surface area contributed by atoms with Crippen LogP contribution in [0.5, 0.6) is 0 Å². The lowest BCUT2D eigenvalue weighted by atomic mass is 10.1. The predicted octanol–water partition coefficient (Wildman–Crippen LogP) is 2.95. The van der Waals surface area contributed by atoms with Crippen LogP contribution in [0, 0.1) is 10.1 Å². The fraction of sp³-hybridized carbons (Fsp3) is 0.350. The highest BCUT2D eigenvalue weighted by Crippen LogP contribution is 2.31. The van der Waals surface area contributed by atoms with Crippen molar-refractivity contribution >= 4 is 17.5 Å². The van der Waals surface area contributed by atoms with E-state index in [1.54, 1.807) is 17.0 Å². The summed E-state index contributed by atoms with van der Waals surface area (Å²) in [6.45, 7) is 2.66. The first kappa shape index (κ1) is 18.2. The van der Waals surface area contributed by atoms with Gasteiger partial charge in [-0.05, 0) is 11.6 Å². The number of ether oxygens (including phenoxy) is 2. The first-order valence-electron chi connectivity index (χ1n) is 9.19. The molecule has 146 valence electrons. The normalized spacial score (nSPS) is 18.6. The lowest BCUT2D eigenvalue weighted by Crippen LogP contribution is -2.56. The number of piperazine rings is 1. The third-order valence-electron chi connectivity index (χ3n) is 5.10. The molecule has 4 rings (SSSR count). The zero-order valence-electron chi connectivity index (χ0n) is 15.3. The second-order valence-electron chi connectivity index (χ2n) is 6.92. The molecular weight excluding hydrogens is 362 g/mol. The van der Waals surface area contributed by atoms with Gasteiger partial charge in [-0.3, -0.25) is 10.1 Å². The van der Waals surface area contributed by atoms with Crippen molar-refractivity contribution in [2.75, 3.05) is 31.1 Å². The quantitative estimate of drug-likeness (QED) is 0.598. The molecule has 0 saturated carbocycles. The summed E-state index contributed by atoms with van der Waals surface area (Å²) in [5.74, 6) is 0. The summed E-state index contributed by atoms with van der Waals surface area (Å²) in [7, 11) is 0.